The number of rotatable bonds is 5. The lowest BCUT2D eigenvalue weighted by atomic mass is 9.99. The van der Waals surface area contributed by atoms with Crippen LogP contribution in [0.4, 0.5) is 0 Å². The van der Waals surface area contributed by atoms with Crippen LogP contribution < -0.4 is 5.32 Å². The summed E-state index contributed by atoms with van der Waals surface area (Å²) in [4.78, 5) is 12.6. The lowest BCUT2D eigenvalue weighted by Crippen LogP contribution is -2.36. The molecule has 1 atom stereocenters. The van der Waals surface area contributed by atoms with Crippen molar-refractivity contribution in [1.82, 2.24) is 15.1 Å². The maximum absolute atomic E-state index is 12.6. The molecule has 1 amide bonds. The third kappa shape index (κ3) is 3.66. The predicted molar refractivity (Wildman–Crippen MR) is 91.0 cm³/mol. The molecular weight excluding hydrogens is 286 g/mol. The van der Waals surface area contributed by atoms with E-state index in [1.165, 1.54) is 0 Å². The third-order valence-corrected chi connectivity index (χ3v) is 3.65. The molecule has 1 unspecified atom stereocenters. The summed E-state index contributed by atoms with van der Waals surface area (Å²) in [7, 11) is 0. The first-order chi connectivity index (χ1) is 11.2. The molecule has 0 aliphatic carbocycles. The standard InChI is InChI=1S/C19H19N3O/c1-15(14-22-13-7-12-20-22)21-19(23)18-11-6-5-10-17(18)16-8-3-2-4-9-16/h2-13,15H,14H2,1H3,(H,21,23). The van der Waals surface area contributed by atoms with Crippen LogP contribution in [0.15, 0.2) is 73.1 Å². The summed E-state index contributed by atoms with van der Waals surface area (Å²) < 4.78 is 1.81. The summed E-state index contributed by atoms with van der Waals surface area (Å²) in [6, 6.07) is 19.5. The minimum absolute atomic E-state index is 0.00812. The summed E-state index contributed by atoms with van der Waals surface area (Å²) in [5.74, 6) is -0.0656. The Labute approximate surface area is 135 Å². The Morgan fingerprint density at radius 1 is 1.09 bits per heavy atom. The van der Waals surface area contributed by atoms with Crippen molar-refractivity contribution >= 4 is 5.91 Å². The van der Waals surface area contributed by atoms with E-state index in [9.17, 15) is 4.79 Å². The Bertz CT molecular complexity index is 766. The van der Waals surface area contributed by atoms with Crippen molar-refractivity contribution in [1.29, 1.82) is 0 Å². The van der Waals surface area contributed by atoms with Gasteiger partial charge in [0.25, 0.3) is 5.91 Å². The van der Waals surface area contributed by atoms with Crippen LogP contribution in [0, 0.1) is 0 Å². The molecule has 0 radical (unpaired) electrons. The molecule has 0 bridgehead atoms. The van der Waals surface area contributed by atoms with Crippen molar-refractivity contribution in [3.05, 3.63) is 78.6 Å². The number of carbonyl (C=O) groups is 1. The van der Waals surface area contributed by atoms with Gasteiger partial charge in [0.1, 0.15) is 0 Å². The van der Waals surface area contributed by atoms with Crippen LogP contribution >= 0.6 is 0 Å². The van der Waals surface area contributed by atoms with Gasteiger partial charge in [-0.3, -0.25) is 9.48 Å². The first-order valence-electron chi connectivity index (χ1n) is 7.67. The zero-order valence-corrected chi connectivity index (χ0v) is 13.0. The molecule has 116 valence electrons. The van der Waals surface area contributed by atoms with Gasteiger partial charge in [0.2, 0.25) is 0 Å². The van der Waals surface area contributed by atoms with Gasteiger partial charge < -0.3 is 5.32 Å². The minimum atomic E-state index is -0.0656. The summed E-state index contributed by atoms with van der Waals surface area (Å²) in [5, 5.41) is 7.21. The molecule has 1 N–H and O–H groups in total. The number of hydrogen-bond acceptors (Lipinski definition) is 2. The smallest absolute Gasteiger partial charge is 0.252 e. The molecule has 3 aromatic rings. The lowest BCUT2D eigenvalue weighted by Gasteiger charge is -2.16. The van der Waals surface area contributed by atoms with Crippen molar-refractivity contribution in [3.8, 4) is 11.1 Å². The highest BCUT2D eigenvalue weighted by Crippen LogP contribution is 2.23. The molecule has 4 nitrogen and oxygen atoms in total. The molecule has 3 rings (SSSR count). The topological polar surface area (TPSA) is 46.9 Å². The Balaban J connectivity index is 1.77. The van der Waals surface area contributed by atoms with Crippen molar-refractivity contribution < 1.29 is 4.79 Å². The van der Waals surface area contributed by atoms with Crippen molar-refractivity contribution in [2.24, 2.45) is 0 Å². The Morgan fingerprint density at radius 2 is 1.83 bits per heavy atom. The van der Waals surface area contributed by atoms with Crippen LogP contribution in [0.3, 0.4) is 0 Å². The van der Waals surface area contributed by atoms with E-state index < -0.39 is 0 Å². The highest BCUT2D eigenvalue weighted by atomic mass is 16.1. The van der Waals surface area contributed by atoms with E-state index in [1.807, 2.05) is 78.5 Å². The van der Waals surface area contributed by atoms with E-state index in [0.29, 0.717) is 12.1 Å². The fraction of sp³-hybridized carbons (Fsp3) is 0.158. The number of benzene rings is 2. The second-order valence-electron chi connectivity index (χ2n) is 5.51. The highest BCUT2D eigenvalue weighted by Gasteiger charge is 2.14. The molecule has 0 fully saturated rings. The number of hydrogen-bond donors (Lipinski definition) is 1. The number of nitrogens with zero attached hydrogens (tertiary/aromatic N) is 2. The zero-order chi connectivity index (χ0) is 16.1. The van der Waals surface area contributed by atoms with E-state index in [4.69, 9.17) is 0 Å². The van der Waals surface area contributed by atoms with E-state index >= 15 is 0 Å². The first-order valence-corrected chi connectivity index (χ1v) is 7.67. The van der Waals surface area contributed by atoms with Crippen molar-refractivity contribution in [2.45, 2.75) is 19.5 Å². The minimum Gasteiger partial charge on any atom is -0.348 e. The van der Waals surface area contributed by atoms with Gasteiger partial charge in [-0.1, -0.05) is 48.5 Å². The number of aromatic nitrogens is 2. The molecule has 1 heterocycles. The van der Waals surface area contributed by atoms with Crippen LogP contribution in [0.5, 0.6) is 0 Å². The lowest BCUT2D eigenvalue weighted by molar-refractivity contribution is 0.0936. The van der Waals surface area contributed by atoms with Crippen LogP contribution in [-0.2, 0) is 6.54 Å². The van der Waals surface area contributed by atoms with E-state index in [0.717, 1.165) is 11.1 Å². The van der Waals surface area contributed by atoms with E-state index in [2.05, 4.69) is 10.4 Å². The van der Waals surface area contributed by atoms with E-state index in [-0.39, 0.29) is 11.9 Å². The molecule has 0 aliphatic heterocycles. The second-order valence-corrected chi connectivity index (χ2v) is 5.51. The summed E-state index contributed by atoms with van der Waals surface area (Å²) in [5.41, 5.74) is 2.67. The molecule has 23 heavy (non-hydrogen) atoms. The van der Waals surface area contributed by atoms with Gasteiger partial charge in [0.05, 0.1) is 6.54 Å². The van der Waals surface area contributed by atoms with Gasteiger partial charge >= 0.3 is 0 Å². The van der Waals surface area contributed by atoms with Gasteiger partial charge in [-0.15, -0.1) is 0 Å². The monoisotopic (exact) mass is 305 g/mol. The third-order valence-electron chi connectivity index (χ3n) is 3.65. The fourth-order valence-electron chi connectivity index (χ4n) is 2.59. The average molecular weight is 305 g/mol. The van der Waals surface area contributed by atoms with Crippen LogP contribution in [0.25, 0.3) is 11.1 Å². The second kappa shape index (κ2) is 6.92. The predicted octanol–water partition coefficient (Wildman–Crippen LogP) is 3.37. The average Bonchev–Trinajstić information content (AvgIpc) is 3.08. The quantitative estimate of drug-likeness (QED) is 0.785. The Kier molecular flexibility index (Phi) is 4.52. The first kappa shape index (κ1) is 15.0. The van der Waals surface area contributed by atoms with Gasteiger partial charge in [0.15, 0.2) is 0 Å². The van der Waals surface area contributed by atoms with Crippen LogP contribution in [-0.4, -0.2) is 21.7 Å². The molecule has 0 saturated carbocycles. The molecule has 2 aromatic carbocycles. The zero-order valence-electron chi connectivity index (χ0n) is 13.0. The molecule has 0 aliphatic rings. The largest absolute Gasteiger partial charge is 0.348 e. The number of nitrogens with one attached hydrogen (secondary N) is 1. The van der Waals surface area contributed by atoms with Crippen LogP contribution in [0.1, 0.15) is 17.3 Å². The van der Waals surface area contributed by atoms with Crippen LogP contribution in [0.2, 0.25) is 0 Å². The number of carbonyl (C=O) groups excluding carboxylic acids is 1. The van der Waals surface area contributed by atoms with Crippen molar-refractivity contribution in [2.75, 3.05) is 0 Å². The molecule has 0 spiro atoms. The Morgan fingerprint density at radius 3 is 2.57 bits per heavy atom. The summed E-state index contributed by atoms with van der Waals surface area (Å²) >= 11 is 0. The van der Waals surface area contributed by atoms with Crippen molar-refractivity contribution in [3.63, 3.8) is 0 Å². The molecular formula is C19H19N3O. The SMILES string of the molecule is CC(Cn1cccn1)NC(=O)c1ccccc1-c1ccccc1. The van der Waals surface area contributed by atoms with Gasteiger partial charge in [0, 0.05) is 24.0 Å². The maximum Gasteiger partial charge on any atom is 0.252 e. The molecule has 0 saturated heterocycles. The maximum atomic E-state index is 12.6. The molecule has 1 aromatic heterocycles. The van der Waals surface area contributed by atoms with Gasteiger partial charge in [-0.2, -0.15) is 5.10 Å². The van der Waals surface area contributed by atoms with Gasteiger partial charge in [-0.05, 0) is 30.2 Å². The highest BCUT2D eigenvalue weighted by molar-refractivity contribution is 6.01. The normalized spacial score (nSPS) is 11.9. The summed E-state index contributed by atoms with van der Waals surface area (Å²) in [6.45, 7) is 2.62. The van der Waals surface area contributed by atoms with E-state index in [1.54, 1.807) is 6.20 Å². The Hall–Kier alpha value is -2.88. The molecule has 4 heteroatoms. The summed E-state index contributed by atoms with van der Waals surface area (Å²) in [6.07, 6.45) is 3.62. The number of amides is 1. The fourth-order valence-corrected chi connectivity index (χ4v) is 2.59. The van der Waals surface area contributed by atoms with Gasteiger partial charge in [-0.25, -0.2) is 0 Å².